The molecule has 2 fully saturated rings. The van der Waals surface area contributed by atoms with Crippen molar-refractivity contribution in [3.63, 3.8) is 0 Å². The second-order valence-corrected chi connectivity index (χ2v) is 37.4. The number of fused-ring (bicyclic) bond motifs is 4. The number of halogens is 4. The van der Waals surface area contributed by atoms with Gasteiger partial charge in [0.05, 0.1) is 13.2 Å². The van der Waals surface area contributed by atoms with E-state index in [0.717, 1.165) is 92.0 Å². The van der Waals surface area contributed by atoms with Crippen LogP contribution in [0.15, 0.2) is 189 Å². The van der Waals surface area contributed by atoms with E-state index in [1.54, 1.807) is 54.0 Å². The summed E-state index contributed by atoms with van der Waals surface area (Å²) in [6, 6.07) is 43.1. The zero-order valence-corrected chi connectivity index (χ0v) is 73.5. The Labute approximate surface area is 710 Å². The third-order valence-electron chi connectivity index (χ3n) is 21.8. The van der Waals surface area contributed by atoms with Gasteiger partial charge in [-0.2, -0.15) is 0 Å². The summed E-state index contributed by atoms with van der Waals surface area (Å²) in [4.78, 5) is 89.1. The number of amides is 4. The fourth-order valence-electron chi connectivity index (χ4n) is 15.9. The fraction of sp³-hybridized carbons (Fsp3) is 0.379. The first-order valence-corrected chi connectivity index (χ1v) is 46.2. The molecule has 13 rings (SSSR count). The van der Waals surface area contributed by atoms with Gasteiger partial charge in [-0.15, -0.1) is 19.8 Å². The normalized spacial score (nSPS) is 21.0. The van der Waals surface area contributed by atoms with Gasteiger partial charge in [0.15, 0.2) is 0 Å². The molecule has 4 heterocycles. The van der Waals surface area contributed by atoms with E-state index in [0.29, 0.717) is 71.8 Å². The summed E-state index contributed by atoms with van der Waals surface area (Å²) in [5.74, 6) is 0.0120. The molecule has 4 aliphatic heterocycles. The number of aryl methyl sites for hydroxylation is 6. The number of rotatable bonds is 21. The molecular formula is C95H112Cl4N6O10Ru-2. The van der Waals surface area contributed by atoms with Crippen molar-refractivity contribution in [2.75, 3.05) is 23.0 Å². The number of anilines is 2. The summed E-state index contributed by atoms with van der Waals surface area (Å²) in [6.07, 6.45) is 23.0. The topological polar surface area (TPSA) is 176 Å². The van der Waals surface area contributed by atoms with Crippen LogP contribution in [0.3, 0.4) is 0 Å². The van der Waals surface area contributed by atoms with E-state index in [-0.39, 0.29) is 67.9 Å². The molecule has 0 bridgehead atoms. The number of hydrogen-bond donors (Lipinski definition) is 2. The van der Waals surface area contributed by atoms with Gasteiger partial charge in [0, 0.05) is 71.0 Å². The molecule has 4 amide bonds. The number of nitrogens with one attached hydrogen (secondary N) is 2. The quantitative estimate of drug-likeness (QED) is 0.0229. The van der Waals surface area contributed by atoms with Crippen molar-refractivity contribution >= 4 is 94.1 Å². The number of ether oxygens (including phenoxy) is 4. The number of allylic oxidation sites excluding steroid dienone is 2. The second-order valence-electron chi connectivity index (χ2n) is 30.8. The van der Waals surface area contributed by atoms with Crippen molar-refractivity contribution in [1.82, 2.24) is 20.4 Å². The van der Waals surface area contributed by atoms with Crippen LogP contribution in [0, 0.1) is 79.3 Å². The van der Waals surface area contributed by atoms with E-state index in [2.05, 4.69) is 125 Å². The Morgan fingerprint density at radius 2 is 1.22 bits per heavy atom. The third kappa shape index (κ3) is 23.8. The number of carbonyl (C=O) groups excluding carboxylic acids is 6. The van der Waals surface area contributed by atoms with E-state index < -0.39 is 48.6 Å². The molecule has 2 unspecified atom stereocenters. The summed E-state index contributed by atoms with van der Waals surface area (Å²) < 4.78 is 24.7. The molecule has 2 aliphatic carbocycles. The molecule has 0 radical (unpaired) electrons. The summed E-state index contributed by atoms with van der Waals surface area (Å²) >= 11 is 10.6. The molecule has 7 aromatic carbocycles. The van der Waals surface area contributed by atoms with Crippen LogP contribution >= 0.6 is 42.6 Å². The molecule has 620 valence electrons. The van der Waals surface area contributed by atoms with Crippen molar-refractivity contribution in [2.24, 2.45) is 23.7 Å². The number of benzene rings is 7. The summed E-state index contributed by atoms with van der Waals surface area (Å²) in [7, 11) is 11.3. The SMILES string of the molecule is C=CCCCCC[C@H](C)C(=O)N1Cc2ccc(Oc3cccc(Cl)c3)cc2CC1C(=O)N[C@]1(C(=O)OCC)C[C@H]1C=C.CCOC(=O)[C@@]12C[C@H]1/C=C\CCCCC[C@H](C)C(=O)N1Cc3ccc(Oc4cccc(Cl)c4)cc3CC1C(=O)N2.Cc1cc(C)c(N2C=CN(c3c(C)cc(C)cc3C)[CH-]2)c(C)c1.[CH3-].[Cl][Ru]([Cl])=[CH]c1ccccc1. The summed E-state index contributed by atoms with van der Waals surface area (Å²) in [5.41, 5.74) is 13.1. The predicted octanol–water partition coefficient (Wildman–Crippen LogP) is 21.4. The Morgan fingerprint density at radius 3 is 1.77 bits per heavy atom. The van der Waals surface area contributed by atoms with Gasteiger partial charge in [0.2, 0.25) is 23.6 Å². The van der Waals surface area contributed by atoms with Gasteiger partial charge in [-0.3, -0.25) is 19.2 Å². The zero-order chi connectivity index (χ0) is 82.7. The minimum absolute atomic E-state index is 0. The van der Waals surface area contributed by atoms with Gasteiger partial charge in [-0.1, -0.05) is 147 Å². The second kappa shape index (κ2) is 42.5. The van der Waals surface area contributed by atoms with E-state index in [9.17, 15) is 28.8 Å². The van der Waals surface area contributed by atoms with Crippen LogP contribution in [0.5, 0.6) is 23.0 Å². The van der Waals surface area contributed by atoms with Crippen molar-refractivity contribution in [2.45, 2.75) is 195 Å². The van der Waals surface area contributed by atoms with Gasteiger partial charge < -0.3 is 56.6 Å². The Morgan fingerprint density at radius 1 is 0.664 bits per heavy atom. The maximum atomic E-state index is 13.9. The monoisotopic (exact) mass is 1740 g/mol. The van der Waals surface area contributed by atoms with E-state index in [4.69, 9.17) is 61.5 Å². The Balaban J connectivity index is 0.000000192. The molecule has 6 aliphatic rings. The van der Waals surface area contributed by atoms with Crippen LogP contribution < -0.4 is 29.9 Å². The Kier molecular flexibility index (Phi) is 33.4. The average Bonchev–Trinajstić information content (AvgIpc) is 1.57. The van der Waals surface area contributed by atoms with Crippen LogP contribution in [0.2, 0.25) is 10.0 Å². The fourth-order valence-corrected chi connectivity index (χ4v) is 18.0. The third-order valence-corrected chi connectivity index (χ3v) is 24.2. The standard InChI is InChI=1S/C34H41ClN2O5.C32H37ClN2O5.C21H25N2.C7H6.CH3.2ClH.Ru/c1-5-8-9-10-11-13-23(4)32(39)37-22-24-16-17-29(42-28-15-12-14-27(35)20-28)18-25(24)19-30(37)31(38)36-34(21-26(34)6-2)33(40)41-7-3;1-3-39-31(38)32-19-24(32)11-8-6-4-5-7-10-21(2)30(37)35-20-22-14-15-27(40-26-13-9-12-25(33)18-26)16-23(22)17-28(35)29(36)34-32;1-14-9-16(3)20(17(4)10-14)22-7-8-23(13-22)21-18(5)11-15(2)12-19(21)6;1-7-5-3-2-4-6-7;;;;/h5-6,12,14-18,20,23,26,30H,1-2,7-11,13,19,21-22H2,3-4H3,(H,36,38);8-9,11-16,18,21,24,28H,3-7,10,17,19-20H2,1-2H3,(H,34,36);7-13H,1-6H3;1-6H;1H3;2*1H;/q;;-1;;-1;;;+2/p-2/b;11-8-;;;;;;/t23-,26+,30?,34+;21-,24+,28?,32+;;;;;;/m00....../s1. The molecule has 0 spiro atoms. The van der Waals surface area contributed by atoms with Gasteiger partial charge in [-0.25, -0.2) is 9.59 Å². The molecule has 16 nitrogen and oxygen atoms in total. The van der Waals surface area contributed by atoms with Crippen molar-refractivity contribution in [3.8, 4) is 23.0 Å². The molecule has 8 atom stereocenters. The molecule has 0 aromatic heterocycles. The zero-order valence-electron chi connectivity index (χ0n) is 68.7. The van der Waals surface area contributed by atoms with Gasteiger partial charge in [-0.05, 0) is 224 Å². The Hall–Kier alpha value is -8.83. The molecule has 0 saturated heterocycles. The molecule has 7 aromatic rings. The van der Waals surface area contributed by atoms with Crippen LogP contribution in [-0.2, 0) is 77.7 Å². The summed E-state index contributed by atoms with van der Waals surface area (Å²) in [6.45, 7) is 31.2. The Bertz CT molecular complexity index is 4650. The first-order valence-electron chi connectivity index (χ1n) is 39.9. The number of hydrogen-bond acceptors (Lipinski definition) is 12. The average molecular weight is 1740 g/mol. The number of nitrogens with zero attached hydrogens (tertiary/aromatic N) is 4. The number of carbonyl (C=O) groups is 6. The molecule has 116 heavy (non-hydrogen) atoms. The minimum atomic E-state index is -1.61. The summed E-state index contributed by atoms with van der Waals surface area (Å²) in [5, 5.41) is 7.16. The van der Waals surface area contributed by atoms with E-state index >= 15 is 0 Å². The molecule has 2 saturated carbocycles. The maximum absolute atomic E-state index is 13.9. The molecule has 21 heteroatoms. The molecular weight excluding hydrogens is 1630 g/mol. The number of esters is 2. The van der Waals surface area contributed by atoms with Crippen molar-refractivity contribution in [3.05, 3.63) is 275 Å². The van der Waals surface area contributed by atoms with Gasteiger partial charge >= 0.3 is 85.3 Å². The van der Waals surface area contributed by atoms with Crippen molar-refractivity contribution in [1.29, 1.82) is 0 Å². The molecule has 2 N–H and O–H groups in total. The van der Waals surface area contributed by atoms with Crippen LogP contribution in [0.1, 0.15) is 166 Å². The number of unbranched alkanes of at least 4 members (excludes halogenated alkanes) is 3. The van der Waals surface area contributed by atoms with E-state index in [1.165, 1.54) is 44.8 Å². The van der Waals surface area contributed by atoms with Crippen molar-refractivity contribution < 1.29 is 61.2 Å². The van der Waals surface area contributed by atoms with E-state index in [1.807, 2.05) is 122 Å². The van der Waals surface area contributed by atoms with Crippen LogP contribution in [-0.4, -0.2) is 86.4 Å². The van der Waals surface area contributed by atoms with Gasteiger partial charge in [0.25, 0.3) is 0 Å². The first-order chi connectivity index (χ1) is 55.2. The first kappa shape index (κ1) is 91.1. The van der Waals surface area contributed by atoms with Crippen LogP contribution in [0.25, 0.3) is 0 Å². The predicted molar refractivity (Wildman–Crippen MR) is 467 cm³/mol. The van der Waals surface area contributed by atoms with Gasteiger partial charge in [0.1, 0.15) is 46.2 Å². The van der Waals surface area contributed by atoms with Crippen LogP contribution in [0.4, 0.5) is 11.4 Å².